The van der Waals surface area contributed by atoms with E-state index in [0.717, 1.165) is 5.92 Å². The number of hydrogen-bond acceptors (Lipinski definition) is 2. The molecule has 2 nitrogen and oxygen atoms in total. The minimum atomic E-state index is 0.0972. The van der Waals surface area contributed by atoms with Crippen molar-refractivity contribution in [1.82, 2.24) is 0 Å². The molecule has 0 aromatic rings. The van der Waals surface area contributed by atoms with Gasteiger partial charge in [-0.1, -0.05) is 40.0 Å². The van der Waals surface area contributed by atoms with E-state index in [1.807, 2.05) is 0 Å². The van der Waals surface area contributed by atoms with Gasteiger partial charge in [-0.2, -0.15) is 0 Å². The second-order valence-corrected chi connectivity index (χ2v) is 2.81. The highest BCUT2D eigenvalue weighted by atomic mass is 16.3. The minimum Gasteiger partial charge on any atom is -0.395 e. The van der Waals surface area contributed by atoms with Gasteiger partial charge in [-0.05, 0) is 5.92 Å². The lowest BCUT2D eigenvalue weighted by molar-refractivity contribution is 0.306. The van der Waals surface area contributed by atoms with Gasteiger partial charge in [0, 0.05) is 6.54 Å². The molecule has 0 amide bonds. The number of aliphatic hydroxyl groups is 1. The summed E-state index contributed by atoms with van der Waals surface area (Å²) in [6, 6.07) is 0. The van der Waals surface area contributed by atoms with E-state index < -0.39 is 0 Å². The molecule has 0 bridgehead atoms. The molecule has 11 heavy (non-hydrogen) atoms. The van der Waals surface area contributed by atoms with E-state index in [4.69, 9.17) is 10.8 Å². The second-order valence-electron chi connectivity index (χ2n) is 2.81. The quantitative estimate of drug-likeness (QED) is 0.660. The van der Waals surface area contributed by atoms with Gasteiger partial charge in [0.2, 0.25) is 0 Å². The first-order valence-corrected chi connectivity index (χ1v) is 4.53. The fraction of sp³-hybridized carbons (Fsp3) is 1.00. The Bertz CT molecular complexity index is 55.5. The second kappa shape index (κ2) is 12.6. The van der Waals surface area contributed by atoms with Gasteiger partial charge >= 0.3 is 0 Å². The number of nitrogens with two attached hydrogens (primary N) is 1. The van der Waals surface area contributed by atoms with Crippen LogP contribution >= 0.6 is 0 Å². The third-order valence-electron chi connectivity index (χ3n) is 1.61. The van der Waals surface area contributed by atoms with Crippen molar-refractivity contribution in [2.24, 2.45) is 11.7 Å². The summed E-state index contributed by atoms with van der Waals surface area (Å²) in [5.41, 5.74) is 4.78. The summed E-state index contributed by atoms with van der Waals surface area (Å²) in [7, 11) is 0. The van der Waals surface area contributed by atoms with Crippen molar-refractivity contribution < 1.29 is 5.11 Å². The van der Waals surface area contributed by atoms with Crippen LogP contribution in [0.25, 0.3) is 0 Å². The lowest BCUT2D eigenvalue weighted by Gasteiger charge is -2.02. The number of aliphatic hydroxyl groups excluding tert-OH is 1. The lowest BCUT2D eigenvalue weighted by Crippen LogP contribution is -2.02. The van der Waals surface area contributed by atoms with E-state index >= 15 is 0 Å². The fourth-order valence-corrected chi connectivity index (χ4v) is 0.697. The predicted molar refractivity (Wildman–Crippen MR) is 50.5 cm³/mol. The molecular formula is C9H23NO. The largest absolute Gasteiger partial charge is 0.395 e. The molecule has 0 saturated carbocycles. The summed E-state index contributed by atoms with van der Waals surface area (Å²) in [5, 5.41) is 7.75. The Hall–Kier alpha value is -0.0800. The summed E-state index contributed by atoms with van der Waals surface area (Å²) in [6.45, 7) is 7.27. The third-order valence-corrected chi connectivity index (χ3v) is 1.61. The highest BCUT2D eigenvalue weighted by Gasteiger charge is 1.92. The summed E-state index contributed by atoms with van der Waals surface area (Å²) in [6.07, 6.45) is 4.08. The van der Waals surface area contributed by atoms with Crippen molar-refractivity contribution in [2.75, 3.05) is 13.2 Å². The summed E-state index contributed by atoms with van der Waals surface area (Å²) in [5.74, 6) is 0.949. The van der Waals surface area contributed by atoms with E-state index in [-0.39, 0.29) is 6.61 Å². The topological polar surface area (TPSA) is 46.2 Å². The molecule has 0 aliphatic rings. The normalized spacial score (nSPS) is 11.7. The van der Waals surface area contributed by atoms with Gasteiger partial charge in [-0.3, -0.25) is 0 Å². The Morgan fingerprint density at radius 3 is 1.91 bits per heavy atom. The van der Waals surface area contributed by atoms with Gasteiger partial charge in [-0.15, -0.1) is 0 Å². The van der Waals surface area contributed by atoms with Crippen LogP contribution < -0.4 is 5.73 Å². The maximum atomic E-state index is 7.75. The van der Waals surface area contributed by atoms with Crippen molar-refractivity contribution in [1.29, 1.82) is 0 Å². The molecule has 0 saturated heterocycles. The molecule has 0 aromatic heterocycles. The minimum absolute atomic E-state index is 0.0972. The van der Waals surface area contributed by atoms with Crippen LogP contribution in [-0.2, 0) is 0 Å². The van der Waals surface area contributed by atoms with E-state index in [2.05, 4.69) is 20.8 Å². The smallest absolute Gasteiger partial charge is 0.0553 e. The molecule has 0 rings (SSSR count). The molecule has 0 heterocycles. The highest BCUT2D eigenvalue weighted by molar-refractivity contribution is 4.45. The average Bonchev–Trinajstić information content (AvgIpc) is 2.05. The SMILES string of the molecule is CCCC(C)CC.NCCO. The van der Waals surface area contributed by atoms with Gasteiger partial charge in [0.05, 0.1) is 6.61 Å². The van der Waals surface area contributed by atoms with Crippen LogP contribution in [0, 0.1) is 5.92 Å². The summed E-state index contributed by atoms with van der Waals surface area (Å²) < 4.78 is 0. The van der Waals surface area contributed by atoms with Gasteiger partial charge in [0.25, 0.3) is 0 Å². The Labute approximate surface area is 70.8 Å². The average molecular weight is 161 g/mol. The molecule has 2 heteroatoms. The first kappa shape index (κ1) is 13.5. The van der Waals surface area contributed by atoms with Crippen LogP contribution in [0.1, 0.15) is 40.0 Å². The van der Waals surface area contributed by atoms with Crippen molar-refractivity contribution in [3.63, 3.8) is 0 Å². The van der Waals surface area contributed by atoms with Crippen LogP contribution in [0.5, 0.6) is 0 Å². The standard InChI is InChI=1S/C7H16.C2H7NO/c1-4-6-7(3)5-2;3-1-2-4/h7H,4-6H2,1-3H3;4H,1-3H2. The Kier molecular flexibility index (Phi) is 15.4. The molecule has 0 spiro atoms. The molecule has 0 fully saturated rings. The third kappa shape index (κ3) is 17.8. The maximum Gasteiger partial charge on any atom is 0.0553 e. The maximum absolute atomic E-state index is 7.75. The summed E-state index contributed by atoms with van der Waals surface area (Å²) in [4.78, 5) is 0. The van der Waals surface area contributed by atoms with Gasteiger partial charge in [-0.25, -0.2) is 0 Å². The van der Waals surface area contributed by atoms with Gasteiger partial charge in [0.1, 0.15) is 0 Å². The van der Waals surface area contributed by atoms with Crippen LogP contribution in [-0.4, -0.2) is 18.3 Å². The molecule has 0 aliphatic heterocycles. The zero-order valence-corrected chi connectivity index (χ0v) is 8.14. The molecule has 3 N–H and O–H groups in total. The molecule has 1 atom stereocenters. The van der Waals surface area contributed by atoms with Crippen LogP contribution in [0.3, 0.4) is 0 Å². The lowest BCUT2D eigenvalue weighted by atomic mass is 10.0. The molecule has 0 aromatic carbocycles. The van der Waals surface area contributed by atoms with E-state index in [0.29, 0.717) is 6.54 Å². The van der Waals surface area contributed by atoms with E-state index in [9.17, 15) is 0 Å². The van der Waals surface area contributed by atoms with Crippen molar-refractivity contribution >= 4 is 0 Å². The highest BCUT2D eigenvalue weighted by Crippen LogP contribution is 2.07. The van der Waals surface area contributed by atoms with E-state index in [1.165, 1.54) is 19.3 Å². The Morgan fingerprint density at radius 1 is 1.36 bits per heavy atom. The summed E-state index contributed by atoms with van der Waals surface area (Å²) >= 11 is 0. The zero-order valence-electron chi connectivity index (χ0n) is 8.14. The van der Waals surface area contributed by atoms with Crippen LogP contribution in [0.15, 0.2) is 0 Å². The molecule has 0 radical (unpaired) electrons. The molecular weight excluding hydrogens is 138 g/mol. The first-order chi connectivity index (χ1) is 5.22. The Balaban J connectivity index is 0. The van der Waals surface area contributed by atoms with Crippen LogP contribution in [0.2, 0.25) is 0 Å². The molecule has 1 unspecified atom stereocenters. The van der Waals surface area contributed by atoms with Crippen molar-refractivity contribution in [3.8, 4) is 0 Å². The fourth-order valence-electron chi connectivity index (χ4n) is 0.697. The van der Waals surface area contributed by atoms with Gasteiger partial charge < -0.3 is 10.8 Å². The zero-order chi connectivity index (χ0) is 9.11. The van der Waals surface area contributed by atoms with Crippen LogP contribution in [0.4, 0.5) is 0 Å². The molecule has 0 aliphatic carbocycles. The number of rotatable bonds is 4. The molecule has 70 valence electrons. The number of hydrogen-bond donors (Lipinski definition) is 2. The Morgan fingerprint density at radius 2 is 1.82 bits per heavy atom. The van der Waals surface area contributed by atoms with Crippen molar-refractivity contribution in [2.45, 2.75) is 40.0 Å². The first-order valence-electron chi connectivity index (χ1n) is 4.53. The monoisotopic (exact) mass is 161 g/mol. The predicted octanol–water partition coefficient (Wildman–Crippen LogP) is 1.77. The van der Waals surface area contributed by atoms with Gasteiger partial charge in [0.15, 0.2) is 0 Å². The van der Waals surface area contributed by atoms with E-state index in [1.54, 1.807) is 0 Å². The van der Waals surface area contributed by atoms with Crippen molar-refractivity contribution in [3.05, 3.63) is 0 Å².